The van der Waals surface area contributed by atoms with Gasteiger partial charge >= 0.3 is 0 Å². The van der Waals surface area contributed by atoms with E-state index in [4.69, 9.17) is 23.2 Å². The van der Waals surface area contributed by atoms with Crippen LogP contribution in [0.25, 0.3) is 0 Å². The number of likely N-dealkylation sites (N-methyl/N-ethyl adjacent to an activating group) is 1. The van der Waals surface area contributed by atoms with Gasteiger partial charge in [0.25, 0.3) is 0 Å². The normalized spacial score (nSPS) is 11.3. The highest BCUT2D eigenvalue weighted by Gasteiger charge is 2.20. The molecule has 0 spiro atoms. The van der Waals surface area contributed by atoms with Gasteiger partial charge in [-0.2, -0.15) is 0 Å². The fraction of sp³-hybridized carbons (Fsp3) is 0.188. The molecule has 0 bridgehead atoms. The zero-order chi connectivity index (χ0) is 17.7. The molecule has 0 fully saturated rings. The Kier molecular flexibility index (Phi) is 6.23. The fourth-order valence-electron chi connectivity index (χ4n) is 2.00. The van der Waals surface area contributed by atoms with Crippen molar-refractivity contribution in [2.45, 2.75) is 11.4 Å². The summed E-state index contributed by atoms with van der Waals surface area (Å²) >= 11 is 11.7. The van der Waals surface area contributed by atoms with E-state index in [1.54, 1.807) is 7.05 Å². The summed E-state index contributed by atoms with van der Waals surface area (Å²) in [7, 11) is -2.32. The van der Waals surface area contributed by atoms with Crippen LogP contribution in [0.1, 0.15) is 5.56 Å². The van der Waals surface area contributed by atoms with Crippen LogP contribution in [0.4, 0.5) is 0 Å². The summed E-state index contributed by atoms with van der Waals surface area (Å²) in [4.78, 5) is 13.4. The van der Waals surface area contributed by atoms with E-state index >= 15 is 0 Å². The molecule has 0 saturated carbocycles. The predicted octanol–water partition coefficient (Wildman–Crippen LogP) is 2.93. The number of benzene rings is 2. The maximum atomic E-state index is 12.3. The van der Waals surface area contributed by atoms with Gasteiger partial charge in [-0.25, -0.2) is 13.1 Å². The number of amides is 1. The number of sulfonamides is 1. The maximum absolute atomic E-state index is 12.3. The van der Waals surface area contributed by atoms with Crippen LogP contribution in [0.5, 0.6) is 0 Å². The Bertz CT molecular complexity index is 826. The molecule has 8 heteroatoms. The molecule has 2 aromatic carbocycles. The molecule has 2 aromatic rings. The Labute approximate surface area is 151 Å². The number of carbonyl (C=O) groups excluding carboxylic acids is 1. The molecule has 0 aliphatic rings. The van der Waals surface area contributed by atoms with Crippen LogP contribution >= 0.6 is 23.2 Å². The van der Waals surface area contributed by atoms with E-state index in [-0.39, 0.29) is 27.4 Å². The topological polar surface area (TPSA) is 66.5 Å². The van der Waals surface area contributed by atoms with E-state index in [9.17, 15) is 13.2 Å². The highest BCUT2D eigenvalue weighted by molar-refractivity contribution is 7.89. The summed E-state index contributed by atoms with van der Waals surface area (Å²) < 4.78 is 26.8. The number of hydrogen-bond donors (Lipinski definition) is 1. The Morgan fingerprint density at radius 3 is 2.46 bits per heavy atom. The average Bonchev–Trinajstić information content (AvgIpc) is 2.55. The van der Waals surface area contributed by atoms with Crippen molar-refractivity contribution in [3.8, 4) is 0 Å². The molecular weight excluding hydrogens is 371 g/mol. The standard InChI is InChI=1S/C16H16Cl2N2O3S/c1-20(11-12-5-3-2-4-6-12)16(21)10-19-24(22,23)15-9-13(17)7-8-14(15)18/h2-9,19H,10-11H2,1H3. The second-order valence-corrected chi connectivity index (χ2v) is 7.71. The van der Waals surface area contributed by atoms with Gasteiger partial charge in [0.15, 0.2) is 0 Å². The number of carbonyl (C=O) groups is 1. The van der Waals surface area contributed by atoms with Gasteiger partial charge in [0.2, 0.25) is 15.9 Å². The Hall–Kier alpha value is -1.60. The second kappa shape index (κ2) is 7.98. The van der Waals surface area contributed by atoms with E-state index in [1.165, 1.54) is 23.1 Å². The highest BCUT2D eigenvalue weighted by Crippen LogP contribution is 2.24. The molecule has 0 aliphatic heterocycles. The van der Waals surface area contributed by atoms with Crippen molar-refractivity contribution in [3.63, 3.8) is 0 Å². The molecule has 1 amide bonds. The van der Waals surface area contributed by atoms with Gasteiger partial charge in [-0.15, -0.1) is 0 Å². The summed E-state index contributed by atoms with van der Waals surface area (Å²) in [5, 5.41) is 0.282. The third-order valence-corrected chi connectivity index (χ3v) is 5.40. The first kappa shape index (κ1) is 18.7. The van der Waals surface area contributed by atoms with E-state index in [2.05, 4.69) is 4.72 Å². The number of nitrogens with zero attached hydrogens (tertiary/aromatic N) is 1. The summed E-state index contributed by atoms with van der Waals surface area (Å²) in [6.45, 7) is 0.0217. The summed E-state index contributed by atoms with van der Waals surface area (Å²) in [6.07, 6.45) is 0. The first-order chi connectivity index (χ1) is 11.3. The largest absolute Gasteiger partial charge is 0.340 e. The molecule has 0 aromatic heterocycles. The maximum Gasteiger partial charge on any atom is 0.242 e. The van der Waals surface area contributed by atoms with Crippen molar-refractivity contribution >= 4 is 39.1 Å². The minimum Gasteiger partial charge on any atom is -0.340 e. The molecule has 0 radical (unpaired) electrons. The highest BCUT2D eigenvalue weighted by atomic mass is 35.5. The molecule has 128 valence electrons. The number of rotatable bonds is 6. The molecule has 1 N–H and O–H groups in total. The fourth-order valence-corrected chi connectivity index (χ4v) is 3.73. The number of hydrogen-bond acceptors (Lipinski definition) is 3. The zero-order valence-corrected chi connectivity index (χ0v) is 15.2. The number of nitrogens with one attached hydrogen (secondary N) is 1. The zero-order valence-electron chi connectivity index (χ0n) is 12.9. The molecular formula is C16H16Cl2N2O3S. The Morgan fingerprint density at radius 2 is 1.79 bits per heavy atom. The quantitative estimate of drug-likeness (QED) is 0.829. The second-order valence-electron chi connectivity index (χ2n) is 5.13. The van der Waals surface area contributed by atoms with E-state index in [0.717, 1.165) is 5.56 Å². The van der Waals surface area contributed by atoms with Gasteiger partial charge in [0.1, 0.15) is 4.90 Å². The predicted molar refractivity (Wildman–Crippen MR) is 94.6 cm³/mol. The molecule has 0 atom stereocenters. The molecule has 0 unspecified atom stereocenters. The molecule has 2 rings (SSSR count). The lowest BCUT2D eigenvalue weighted by Crippen LogP contribution is -2.37. The first-order valence-electron chi connectivity index (χ1n) is 7.02. The van der Waals surface area contributed by atoms with Crippen molar-refractivity contribution < 1.29 is 13.2 Å². The molecule has 0 aliphatic carbocycles. The van der Waals surface area contributed by atoms with Gasteiger partial charge in [0.05, 0.1) is 11.6 Å². The molecule has 24 heavy (non-hydrogen) atoms. The van der Waals surface area contributed by atoms with Crippen LogP contribution in [0.3, 0.4) is 0 Å². The average molecular weight is 387 g/mol. The van der Waals surface area contributed by atoms with Crippen LogP contribution in [0.15, 0.2) is 53.4 Å². The van der Waals surface area contributed by atoms with Crippen LogP contribution in [0, 0.1) is 0 Å². The van der Waals surface area contributed by atoms with Crippen molar-refractivity contribution in [1.82, 2.24) is 9.62 Å². The third kappa shape index (κ3) is 4.95. The van der Waals surface area contributed by atoms with E-state index in [1.807, 2.05) is 30.3 Å². The van der Waals surface area contributed by atoms with Gasteiger partial charge in [-0.05, 0) is 23.8 Å². The monoisotopic (exact) mass is 386 g/mol. The van der Waals surface area contributed by atoms with Crippen molar-refractivity contribution in [3.05, 3.63) is 64.1 Å². The van der Waals surface area contributed by atoms with Gasteiger partial charge in [-0.1, -0.05) is 53.5 Å². The Morgan fingerprint density at radius 1 is 1.12 bits per heavy atom. The van der Waals surface area contributed by atoms with Crippen LogP contribution < -0.4 is 4.72 Å². The lowest BCUT2D eigenvalue weighted by molar-refractivity contribution is -0.129. The molecule has 0 saturated heterocycles. The van der Waals surface area contributed by atoms with Gasteiger partial charge in [-0.3, -0.25) is 4.79 Å². The lowest BCUT2D eigenvalue weighted by Gasteiger charge is -2.18. The van der Waals surface area contributed by atoms with Crippen LogP contribution in [-0.4, -0.2) is 32.8 Å². The first-order valence-corrected chi connectivity index (χ1v) is 9.26. The lowest BCUT2D eigenvalue weighted by atomic mass is 10.2. The van der Waals surface area contributed by atoms with Crippen LogP contribution in [0.2, 0.25) is 10.0 Å². The van der Waals surface area contributed by atoms with Crippen molar-refractivity contribution in [1.29, 1.82) is 0 Å². The summed E-state index contributed by atoms with van der Waals surface area (Å²) in [5.74, 6) is -0.361. The van der Waals surface area contributed by atoms with Crippen molar-refractivity contribution in [2.75, 3.05) is 13.6 Å². The minimum absolute atomic E-state index is 0.0389. The summed E-state index contributed by atoms with van der Waals surface area (Å²) in [6, 6.07) is 13.5. The Balaban J connectivity index is 2.01. The third-order valence-electron chi connectivity index (χ3n) is 3.28. The van der Waals surface area contributed by atoms with E-state index < -0.39 is 10.0 Å². The van der Waals surface area contributed by atoms with E-state index in [0.29, 0.717) is 6.54 Å². The van der Waals surface area contributed by atoms with Crippen LogP contribution in [-0.2, 0) is 21.4 Å². The molecule has 0 heterocycles. The minimum atomic E-state index is -3.93. The summed E-state index contributed by atoms with van der Waals surface area (Å²) in [5.41, 5.74) is 0.953. The number of halogens is 2. The molecule has 5 nitrogen and oxygen atoms in total. The SMILES string of the molecule is CN(Cc1ccccc1)C(=O)CNS(=O)(=O)c1cc(Cl)ccc1Cl. The van der Waals surface area contributed by atoms with Gasteiger partial charge < -0.3 is 4.90 Å². The van der Waals surface area contributed by atoms with Gasteiger partial charge in [0, 0.05) is 18.6 Å². The smallest absolute Gasteiger partial charge is 0.242 e. The van der Waals surface area contributed by atoms with Crippen molar-refractivity contribution in [2.24, 2.45) is 0 Å².